The summed E-state index contributed by atoms with van der Waals surface area (Å²) in [6.45, 7) is 0.948. The van der Waals surface area contributed by atoms with Crippen molar-refractivity contribution in [2.75, 3.05) is 13.2 Å². The number of amides is 1. The molecular formula is C17H17Cl2NO3S. The number of rotatable bonds is 7. The highest BCUT2D eigenvalue weighted by atomic mass is 35.5. The SMILES string of the molecule is O=C(NCCCCOc1c(Cl)cc(O)cc1Cl)C1=CC(=S)CC=C1. The van der Waals surface area contributed by atoms with Gasteiger partial charge in [0.25, 0.3) is 5.91 Å². The minimum atomic E-state index is -0.126. The molecule has 1 aromatic carbocycles. The fourth-order valence-corrected chi connectivity index (χ4v) is 2.92. The molecule has 2 rings (SSSR count). The lowest BCUT2D eigenvalue weighted by molar-refractivity contribution is -0.117. The summed E-state index contributed by atoms with van der Waals surface area (Å²) in [4.78, 5) is 12.7. The first-order valence-corrected chi connectivity index (χ1v) is 8.64. The summed E-state index contributed by atoms with van der Waals surface area (Å²) >= 11 is 17.0. The fourth-order valence-electron chi connectivity index (χ4n) is 2.11. The smallest absolute Gasteiger partial charge is 0.251 e. The number of ether oxygens (including phenoxy) is 1. The number of aromatic hydroxyl groups is 1. The van der Waals surface area contributed by atoms with Gasteiger partial charge in [0, 0.05) is 35.5 Å². The van der Waals surface area contributed by atoms with E-state index < -0.39 is 0 Å². The number of halogens is 2. The second-order valence-electron chi connectivity index (χ2n) is 5.22. The standard InChI is InChI=1S/C17H17Cl2NO3S/c18-14-9-12(21)10-15(19)16(14)23-7-2-1-6-20-17(22)11-4-3-5-13(24)8-11/h3-4,8-10,21H,1-2,5-7H2,(H,20,22). The summed E-state index contributed by atoms with van der Waals surface area (Å²) in [5.74, 6) is 0.218. The van der Waals surface area contributed by atoms with E-state index in [9.17, 15) is 9.90 Å². The topological polar surface area (TPSA) is 58.6 Å². The van der Waals surface area contributed by atoms with Crippen molar-refractivity contribution < 1.29 is 14.6 Å². The Hall–Kier alpha value is -1.56. The average Bonchev–Trinajstić information content (AvgIpc) is 2.52. The zero-order chi connectivity index (χ0) is 17.5. The minimum absolute atomic E-state index is 0.00869. The van der Waals surface area contributed by atoms with Crippen LogP contribution in [0.5, 0.6) is 11.5 Å². The Morgan fingerprint density at radius 2 is 2.00 bits per heavy atom. The van der Waals surface area contributed by atoms with E-state index in [1.807, 2.05) is 6.08 Å². The molecule has 2 N–H and O–H groups in total. The van der Waals surface area contributed by atoms with Gasteiger partial charge in [-0.05, 0) is 18.9 Å². The largest absolute Gasteiger partial charge is 0.508 e. The van der Waals surface area contributed by atoms with Crippen molar-refractivity contribution in [1.82, 2.24) is 5.32 Å². The highest BCUT2D eigenvalue weighted by Gasteiger charge is 2.11. The number of hydrogen-bond donors (Lipinski definition) is 2. The molecule has 0 spiro atoms. The molecule has 4 nitrogen and oxygen atoms in total. The Kier molecular flexibility index (Phi) is 7.09. The van der Waals surface area contributed by atoms with Crippen molar-refractivity contribution >= 4 is 46.2 Å². The van der Waals surface area contributed by atoms with Gasteiger partial charge in [-0.1, -0.05) is 47.6 Å². The summed E-state index contributed by atoms with van der Waals surface area (Å²) in [7, 11) is 0. The molecule has 0 saturated carbocycles. The van der Waals surface area contributed by atoms with Gasteiger partial charge >= 0.3 is 0 Å². The van der Waals surface area contributed by atoms with Crippen LogP contribution in [0, 0.1) is 0 Å². The predicted molar refractivity (Wildman–Crippen MR) is 100 cm³/mol. The zero-order valence-corrected chi connectivity index (χ0v) is 15.2. The predicted octanol–water partition coefficient (Wildman–Crippen LogP) is 4.23. The van der Waals surface area contributed by atoms with Crippen molar-refractivity contribution in [2.24, 2.45) is 0 Å². The lowest BCUT2D eigenvalue weighted by Crippen LogP contribution is -2.26. The molecule has 0 radical (unpaired) electrons. The van der Waals surface area contributed by atoms with Crippen LogP contribution in [0.1, 0.15) is 19.3 Å². The normalized spacial score (nSPS) is 13.6. The maximum Gasteiger partial charge on any atom is 0.251 e. The monoisotopic (exact) mass is 385 g/mol. The molecule has 0 atom stereocenters. The second kappa shape index (κ2) is 9.06. The molecule has 0 aromatic heterocycles. The third-order valence-corrected chi connectivity index (χ3v) is 4.13. The van der Waals surface area contributed by atoms with E-state index in [0.29, 0.717) is 30.9 Å². The van der Waals surface area contributed by atoms with E-state index in [-0.39, 0.29) is 21.7 Å². The summed E-state index contributed by atoms with van der Waals surface area (Å²) in [6.07, 6.45) is 7.58. The van der Waals surface area contributed by atoms with Crippen LogP contribution in [0.2, 0.25) is 10.0 Å². The van der Waals surface area contributed by atoms with Crippen molar-refractivity contribution in [3.63, 3.8) is 0 Å². The Morgan fingerprint density at radius 1 is 1.29 bits per heavy atom. The molecular weight excluding hydrogens is 369 g/mol. The van der Waals surface area contributed by atoms with E-state index in [1.54, 1.807) is 12.2 Å². The number of carbonyl (C=O) groups is 1. The number of unbranched alkanes of at least 4 members (excludes halogenated alkanes) is 1. The number of benzene rings is 1. The summed E-state index contributed by atoms with van der Waals surface area (Å²) in [6, 6.07) is 2.75. The van der Waals surface area contributed by atoms with Crippen LogP contribution in [-0.2, 0) is 4.79 Å². The first-order valence-electron chi connectivity index (χ1n) is 7.47. The number of hydrogen-bond acceptors (Lipinski definition) is 4. The molecule has 0 heterocycles. The highest BCUT2D eigenvalue weighted by molar-refractivity contribution is 7.80. The summed E-state index contributed by atoms with van der Waals surface area (Å²) in [5.41, 5.74) is 0.588. The van der Waals surface area contributed by atoms with E-state index in [1.165, 1.54) is 12.1 Å². The van der Waals surface area contributed by atoms with Crippen LogP contribution in [-0.4, -0.2) is 29.0 Å². The molecule has 0 saturated heterocycles. The quantitative estimate of drug-likeness (QED) is 0.544. The molecule has 7 heteroatoms. The van der Waals surface area contributed by atoms with Crippen LogP contribution in [0.15, 0.2) is 35.9 Å². The summed E-state index contributed by atoms with van der Waals surface area (Å²) in [5, 5.41) is 12.7. The van der Waals surface area contributed by atoms with Crippen LogP contribution in [0.25, 0.3) is 0 Å². The van der Waals surface area contributed by atoms with Gasteiger partial charge in [0.05, 0.1) is 16.7 Å². The van der Waals surface area contributed by atoms with Gasteiger partial charge in [-0.15, -0.1) is 0 Å². The molecule has 0 aliphatic heterocycles. The number of nitrogens with one attached hydrogen (secondary N) is 1. The molecule has 1 amide bonds. The van der Waals surface area contributed by atoms with Gasteiger partial charge < -0.3 is 15.2 Å². The lowest BCUT2D eigenvalue weighted by Gasteiger charge is -2.11. The van der Waals surface area contributed by atoms with Gasteiger partial charge in [0.1, 0.15) is 5.75 Å². The lowest BCUT2D eigenvalue weighted by atomic mass is 10.1. The molecule has 24 heavy (non-hydrogen) atoms. The number of thiocarbonyl (C=S) groups is 1. The third-order valence-electron chi connectivity index (χ3n) is 3.28. The highest BCUT2D eigenvalue weighted by Crippen LogP contribution is 2.36. The molecule has 1 aliphatic rings. The number of carbonyl (C=O) groups excluding carboxylic acids is 1. The first-order chi connectivity index (χ1) is 11.5. The van der Waals surface area contributed by atoms with E-state index >= 15 is 0 Å². The molecule has 1 aromatic rings. The second-order valence-corrected chi connectivity index (χ2v) is 6.56. The first kappa shape index (κ1) is 18.8. The van der Waals surface area contributed by atoms with Crippen LogP contribution in [0.3, 0.4) is 0 Å². The average molecular weight is 386 g/mol. The van der Waals surface area contributed by atoms with Gasteiger partial charge in [-0.3, -0.25) is 4.79 Å². The molecule has 1 aliphatic carbocycles. The maximum atomic E-state index is 11.9. The van der Waals surface area contributed by atoms with Crippen LogP contribution < -0.4 is 10.1 Å². The third kappa shape index (κ3) is 5.51. The van der Waals surface area contributed by atoms with Gasteiger partial charge in [-0.2, -0.15) is 0 Å². The summed E-state index contributed by atoms with van der Waals surface area (Å²) < 4.78 is 5.53. The van der Waals surface area contributed by atoms with Crippen LogP contribution >= 0.6 is 35.4 Å². The van der Waals surface area contributed by atoms with Crippen molar-refractivity contribution in [3.05, 3.63) is 46.0 Å². The Labute approximate surface area is 156 Å². The Bertz CT molecular complexity index is 678. The Balaban J connectivity index is 1.68. The van der Waals surface area contributed by atoms with Gasteiger partial charge in [0.2, 0.25) is 0 Å². The molecule has 0 unspecified atom stereocenters. The maximum absolute atomic E-state index is 11.9. The zero-order valence-electron chi connectivity index (χ0n) is 12.9. The fraction of sp³-hybridized carbons (Fsp3) is 0.294. The van der Waals surface area contributed by atoms with E-state index in [2.05, 4.69) is 5.32 Å². The number of phenols is 1. The molecule has 128 valence electrons. The van der Waals surface area contributed by atoms with E-state index in [0.717, 1.165) is 17.7 Å². The van der Waals surface area contributed by atoms with Crippen molar-refractivity contribution in [2.45, 2.75) is 19.3 Å². The van der Waals surface area contributed by atoms with Crippen molar-refractivity contribution in [3.8, 4) is 11.5 Å². The van der Waals surface area contributed by atoms with Crippen LogP contribution in [0.4, 0.5) is 0 Å². The molecule has 0 fully saturated rings. The van der Waals surface area contributed by atoms with Gasteiger partial charge in [-0.25, -0.2) is 0 Å². The van der Waals surface area contributed by atoms with Crippen molar-refractivity contribution in [1.29, 1.82) is 0 Å². The minimum Gasteiger partial charge on any atom is -0.508 e. The molecule has 0 bridgehead atoms. The number of allylic oxidation sites excluding steroid dienone is 2. The number of phenolic OH excluding ortho intramolecular Hbond substituents is 1. The van der Waals surface area contributed by atoms with E-state index in [4.69, 9.17) is 40.2 Å². The van der Waals surface area contributed by atoms with Gasteiger partial charge in [0.15, 0.2) is 5.75 Å². The Morgan fingerprint density at radius 3 is 2.67 bits per heavy atom.